The van der Waals surface area contributed by atoms with Gasteiger partial charge in [-0.1, -0.05) is 6.07 Å². The summed E-state index contributed by atoms with van der Waals surface area (Å²) in [5.74, 6) is -1.10. The number of hydrogen-bond donors (Lipinski definition) is 2. The lowest BCUT2D eigenvalue weighted by molar-refractivity contribution is -0.136. The number of imide groups is 2. The maximum Gasteiger partial charge on any atom is 0.262 e. The van der Waals surface area contributed by atoms with Crippen molar-refractivity contribution in [1.29, 1.82) is 0 Å². The SMILES string of the molecule is O=C1CCC(N2C(=O)c3ccc(CN4CCN(CC5CCNC5)CC4)cc3C2=O)C(=O)N1. The van der Waals surface area contributed by atoms with E-state index in [0.717, 1.165) is 68.7 Å². The van der Waals surface area contributed by atoms with Crippen LogP contribution in [-0.2, 0) is 16.1 Å². The molecule has 2 atom stereocenters. The third kappa shape index (κ3) is 4.07. The number of rotatable bonds is 5. The molecule has 0 aromatic heterocycles. The van der Waals surface area contributed by atoms with Crippen molar-refractivity contribution in [3.05, 3.63) is 34.9 Å². The van der Waals surface area contributed by atoms with Crippen LogP contribution in [0.15, 0.2) is 18.2 Å². The molecule has 0 saturated carbocycles. The lowest BCUT2D eigenvalue weighted by Crippen LogP contribution is -2.54. The molecule has 170 valence electrons. The Hall–Kier alpha value is -2.62. The lowest BCUT2D eigenvalue weighted by atomic mass is 10.0. The molecule has 0 bridgehead atoms. The molecule has 9 heteroatoms. The topological polar surface area (TPSA) is 102 Å². The van der Waals surface area contributed by atoms with E-state index < -0.39 is 23.8 Å². The highest BCUT2D eigenvalue weighted by atomic mass is 16.2. The number of hydrogen-bond acceptors (Lipinski definition) is 7. The van der Waals surface area contributed by atoms with Crippen molar-refractivity contribution in [3.63, 3.8) is 0 Å². The maximum atomic E-state index is 13.0. The molecule has 0 aliphatic carbocycles. The van der Waals surface area contributed by atoms with Crippen LogP contribution in [0.4, 0.5) is 0 Å². The molecule has 1 aromatic rings. The molecule has 2 N–H and O–H groups in total. The second-order valence-electron chi connectivity index (χ2n) is 9.26. The Bertz CT molecular complexity index is 950. The van der Waals surface area contributed by atoms with Gasteiger partial charge in [0.15, 0.2) is 0 Å². The van der Waals surface area contributed by atoms with Crippen LogP contribution >= 0.6 is 0 Å². The summed E-state index contributed by atoms with van der Waals surface area (Å²) >= 11 is 0. The van der Waals surface area contributed by atoms with E-state index in [1.54, 1.807) is 12.1 Å². The number of fused-ring (bicyclic) bond motifs is 1. The van der Waals surface area contributed by atoms with Crippen molar-refractivity contribution >= 4 is 23.6 Å². The monoisotopic (exact) mass is 439 g/mol. The van der Waals surface area contributed by atoms with Crippen LogP contribution in [0.1, 0.15) is 45.5 Å². The molecule has 9 nitrogen and oxygen atoms in total. The molecule has 1 aromatic carbocycles. The number of carbonyl (C=O) groups excluding carboxylic acids is 4. The van der Waals surface area contributed by atoms with E-state index in [0.29, 0.717) is 11.1 Å². The first-order valence-electron chi connectivity index (χ1n) is 11.5. The Kier molecular flexibility index (Phi) is 5.79. The standard InChI is InChI=1S/C23H29N5O4/c29-20-4-3-19(21(30)25-20)28-22(31)17-2-1-15(11-18(17)23(28)32)13-26-7-9-27(10-8-26)14-16-5-6-24-12-16/h1-2,11,16,19,24H,3-10,12-14H2,(H,25,29,30). The quantitative estimate of drug-likeness (QED) is 0.614. The smallest absolute Gasteiger partial charge is 0.262 e. The zero-order valence-electron chi connectivity index (χ0n) is 18.1. The van der Waals surface area contributed by atoms with Gasteiger partial charge in [-0.15, -0.1) is 0 Å². The van der Waals surface area contributed by atoms with E-state index in [2.05, 4.69) is 20.4 Å². The molecule has 4 aliphatic heterocycles. The molecule has 5 rings (SSSR count). The van der Waals surface area contributed by atoms with Crippen LogP contribution in [-0.4, -0.2) is 90.2 Å². The van der Waals surface area contributed by atoms with Gasteiger partial charge in [0, 0.05) is 45.7 Å². The minimum absolute atomic E-state index is 0.123. The van der Waals surface area contributed by atoms with E-state index in [-0.39, 0.29) is 18.7 Å². The minimum atomic E-state index is -0.924. The number of nitrogens with zero attached hydrogens (tertiary/aromatic N) is 3. The normalized spacial score (nSPS) is 27.2. The summed E-state index contributed by atoms with van der Waals surface area (Å²) < 4.78 is 0. The van der Waals surface area contributed by atoms with Crippen LogP contribution in [0.25, 0.3) is 0 Å². The van der Waals surface area contributed by atoms with Gasteiger partial charge in [0.25, 0.3) is 11.8 Å². The van der Waals surface area contributed by atoms with Gasteiger partial charge in [-0.25, -0.2) is 0 Å². The number of nitrogens with one attached hydrogen (secondary N) is 2. The number of piperidine rings is 1. The molecule has 3 fully saturated rings. The first-order valence-corrected chi connectivity index (χ1v) is 11.5. The van der Waals surface area contributed by atoms with E-state index >= 15 is 0 Å². The van der Waals surface area contributed by atoms with Crippen molar-refractivity contribution in [2.24, 2.45) is 5.92 Å². The molecule has 32 heavy (non-hydrogen) atoms. The highest BCUT2D eigenvalue weighted by Crippen LogP contribution is 2.28. The third-order valence-electron chi connectivity index (χ3n) is 7.05. The Morgan fingerprint density at radius 2 is 1.66 bits per heavy atom. The Balaban J connectivity index is 1.21. The van der Waals surface area contributed by atoms with Crippen molar-refractivity contribution < 1.29 is 19.2 Å². The van der Waals surface area contributed by atoms with Gasteiger partial charge in [-0.2, -0.15) is 0 Å². The van der Waals surface area contributed by atoms with E-state index in [9.17, 15) is 19.2 Å². The predicted molar refractivity (Wildman–Crippen MR) is 116 cm³/mol. The molecule has 4 heterocycles. The molecule has 4 amide bonds. The van der Waals surface area contributed by atoms with Gasteiger partial charge >= 0.3 is 0 Å². The van der Waals surface area contributed by atoms with Gasteiger partial charge in [0.2, 0.25) is 11.8 Å². The maximum absolute atomic E-state index is 13.0. The van der Waals surface area contributed by atoms with Gasteiger partial charge in [-0.05, 0) is 49.5 Å². The van der Waals surface area contributed by atoms with Crippen LogP contribution in [0.2, 0.25) is 0 Å². The second-order valence-corrected chi connectivity index (χ2v) is 9.26. The summed E-state index contributed by atoms with van der Waals surface area (Å²) in [7, 11) is 0. The number of piperazine rings is 1. The van der Waals surface area contributed by atoms with Crippen LogP contribution in [0.3, 0.4) is 0 Å². The fourth-order valence-electron chi connectivity index (χ4n) is 5.24. The molecule has 4 aliphatic rings. The molecule has 0 radical (unpaired) electrons. The number of amides is 4. The molecular weight excluding hydrogens is 410 g/mol. The largest absolute Gasteiger partial charge is 0.316 e. The van der Waals surface area contributed by atoms with Gasteiger partial charge < -0.3 is 10.2 Å². The van der Waals surface area contributed by atoms with Gasteiger partial charge in [-0.3, -0.25) is 34.3 Å². The zero-order valence-corrected chi connectivity index (χ0v) is 18.1. The summed E-state index contributed by atoms with van der Waals surface area (Å²) in [5.41, 5.74) is 1.67. The predicted octanol–water partition coefficient (Wildman–Crippen LogP) is -0.185. The molecule has 0 spiro atoms. The molecular formula is C23H29N5O4. The summed E-state index contributed by atoms with van der Waals surface area (Å²) in [6.07, 6.45) is 1.56. The summed E-state index contributed by atoms with van der Waals surface area (Å²) in [6.45, 7) is 8.19. The van der Waals surface area contributed by atoms with Crippen LogP contribution in [0, 0.1) is 5.92 Å². The third-order valence-corrected chi connectivity index (χ3v) is 7.05. The Morgan fingerprint density at radius 1 is 0.906 bits per heavy atom. The van der Waals surface area contributed by atoms with Gasteiger partial charge in [0.1, 0.15) is 6.04 Å². The van der Waals surface area contributed by atoms with E-state index in [1.807, 2.05) is 6.07 Å². The average Bonchev–Trinajstić information content (AvgIpc) is 3.37. The summed E-state index contributed by atoms with van der Waals surface area (Å²) in [5, 5.41) is 5.66. The number of carbonyl (C=O) groups is 4. The average molecular weight is 440 g/mol. The van der Waals surface area contributed by atoms with Crippen molar-refractivity contribution in [2.45, 2.75) is 31.8 Å². The van der Waals surface area contributed by atoms with Crippen molar-refractivity contribution in [3.8, 4) is 0 Å². The second kappa shape index (κ2) is 8.73. The Morgan fingerprint density at radius 3 is 2.38 bits per heavy atom. The fourth-order valence-corrected chi connectivity index (χ4v) is 5.24. The fraction of sp³-hybridized carbons (Fsp3) is 0.565. The highest BCUT2D eigenvalue weighted by Gasteiger charge is 2.44. The zero-order chi connectivity index (χ0) is 22.2. The number of benzene rings is 1. The van der Waals surface area contributed by atoms with Gasteiger partial charge in [0.05, 0.1) is 11.1 Å². The first-order chi connectivity index (χ1) is 15.5. The first kappa shape index (κ1) is 21.2. The van der Waals surface area contributed by atoms with E-state index in [1.165, 1.54) is 6.42 Å². The summed E-state index contributed by atoms with van der Waals surface area (Å²) in [6, 6.07) is 4.46. The van der Waals surface area contributed by atoms with Crippen LogP contribution < -0.4 is 10.6 Å². The molecule has 3 saturated heterocycles. The minimum Gasteiger partial charge on any atom is -0.316 e. The highest BCUT2D eigenvalue weighted by molar-refractivity contribution is 6.23. The summed E-state index contributed by atoms with van der Waals surface area (Å²) in [4.78, 5) is 55.4. The Labute approximate surface area is 187 Å². The van der Waals surface area contributed by atoms with Crippen LogP contribution in [0.5, 0.6) is 0 Å². The van der Waals surface area contributed by atoms with E-state index in [4.69, 9.17) is 0 Å². The molecule has 2 unspecified atom stereocenters. The lowest BCUT2D eigenvalue weighted by Gasteiger charge is -2.35. The van der Waals surface area contributed by atoms with Crippen molar-refractivity contribution in [1.82, 2.24) is 25.3 Å². The van der Waals surface area contributed by atoms with Crippen molar-refractivity contribution in [2.75, 3.05) is 45.8 Å².